The van der Waals surface area contributed by atoms with Gasteiger partial charge in [0, 0.05) is 6.04 Å². The lowest BCUT2D eigenvalue weighted by Gasteiger charge is -2.32. The first-order chi connectivity index (χ1) is 9.08. The fourth-order valence-corrected chi connectivity index (χ4v) is 2.23. The normalized spacial score (nSPS) is 20.2. The van der Waals surface area contributed by atoms with Gasteiger partial charge in [-0.2, -0.15) is 0 Å². The maximum atomic E-state index is 11.1. The number of nitrogens with two attached hydrogens (primary N) is 2. The quantitative estimate of drug-likeness (QED) is 0.831. The zero-order chi connectivity index (χ0) is 13.8. The number of hydrogen-bond donors (Lipinski definition) is 2. The molecule has 1 aliphatic rings. The molecule has 1 amide bonds. The standard InChI is InChI=1S/C13H20N4O2/c1-17-7-3-2-4-9(17)8-19-13-10(14)5-6-11(16-13)12(15)18/h5-6,9H,2-4,7-8,14H2,1H3,(H2,15,18). The van der Waals surface area contributed by atoms with Crippen LogP contribution in [0.25, 0.3) is 0 Å². The van der Waals surface area contributed by atoms with Crippen molar-refractivity contribution in [2.75, 3.05) is 25.9 Å². The van der Waals surface area contributed by atoms with Gasteiger partial charge >= 0.3 is 0 Å². The lowest BCUT2D eigenvalue weighted by Crippen LogP contribution is -2.40. The van der Waals surface area contributed by atoms with Crippen molar-refractivity contribution in [1.29, 1.82) is 0 Å². The molecule has 6 heteroatoms. The van der Waals surface area contributed by atoms with Gasteiger partial charge in [0.15, 0.2) is 0 Å². The SMILES string of the molecule is CN1CCCCC1COc1nc(C(N)=O)ccc1N. The summed E-state index contributed by atoms with van der Waals surface area (Å²) in [6, 6.07) is 3.46. The molecule has 0 aromatic carbocycles. The van der Waals surface area contributed by atoms with Crippen molar-refractivity contribution in [3.8, 4) is 5.88 Å². The first kappa shape index (κ1) is 13.6. The second-order valence-corrected chi connectivity index (χ2v) is 4.90. The number of piperidine rings is 1. The molecule has 1 unspecified atom stereocenters. The maximum Gasteiger partial charge on any atom is 0.267 e. The Kier molecular flexibility index (Phi) is 4.21. The minimum Gasteiger partial charge on any atom is -0.475 e. The Labute approximate surface area is 112 Å². The van der Waals surface area contributed by atoms with Crippen LogP contribution in [0.2, 0.25) is 0 Å². The zero-order valence-electron chi connectivity index (χ0n) is 11.1. The van der Waals surface area contributed by atoms with Crippen LogP contribution in [0, 0.1) is 0 Å². The summed E-state index contributed by atoms with van der Waals surface area (Å²) in [6.45, 7) is 1.61. The Hall–Kier alpha value is -1.82. The molecule has 2 rings (SSSR count). The Bertz CT molecular complexity index is 464. The number of nitrogens with zero attached hydrogens (tertiary/aromatic N) is 2. The van der Waals surface area contributed by atoms with Gasteiger partial charge in [-0.3, -0.25) is 4.79 Å². The minimum absolute atomic E-state index is 0.168. The molecule has 1 aliphatic heterocycles. The number of carbonyl (C=O) groups is 1. The second kappa shape index (κ2) is 5.88. The van der Waals surface area contributed by atoms with Gasteiger partial charge in [-0.05, 0) is 38.6 Å². The molecule has 1 saturated heterocycles. The van der Waals surface area contributed by atoms with E-state index in [0.717, 1.165) is 13.0 Å². The van der Waals surface area contributed by atoms with Gasteiger partial charge in [0.05, 0.1) is 5.69 Å². The fourth-order valence-electron chi connectivity index (χ4n) is 2.23. The van der Waals surface area contributed by atoms with Crippen molar-refractivity contribution in [2.45, 2.75) is 25.3 Å². The minimum atomic E-state index is -0.584. The van der Waals surface area contributed by atoms with Gasteiger partial charge in [-0.25, -0.2) is 4.98 Å². The van der Waals surface area contributed by atoms with Crippen molar-refractivity contribution in [2.24, 2.45) is 5.73 Å². The lowest BCUT2D eigenvalue weighted by molar-refractivity contribution is 0.0992. The third-order valence-corrected chi connectivity index (χ3v) is 3.48. The van der Waals surface area contributed by atoms with Gasteiger partial charge in [-0.15, -0.1) is 0 Å². The van der Waals surface area contributed by atoms with E-state index in [-0.39, 0.29) is 11.6 Å². The molecular formula is C13H20N4O2. The van der Waals surface area contributed by atoms with Crippen molar-refractivity contribution < 1.29 is 9.53 Å². The van der Waals surface area contributed by atoms with E-state index in [2.05, 4.69) is 16.9 Å². The Morgan fingerprint density at radius 1 is 1.53 bits per heavy atom. The Morgan fingerprint density at radius 2 is 2.32 bits per heavy atom. The lowest BCUT2D eigenvalue weighted by atomic mass is 10.0. The van der Waals surface area contributed by atoms with Crippen molar-refractivity contribution >= 4 is 11.6 Å². The topological polar surface area (TPSA) is 94.5 Å². The molecule has 4 N–H and O–H groups in total. The monoisotopic (exact) mass is 264 g/mol. The smallest absolute Gasteiger partial charge is 0.267 e. The van der Waals surface area contributed by atoms with Crippen LogP contribution in [-0.2, 0) is 0 Å². The van der Waals surface area contributed by atoms with Crippen molar-refractivity contribution in [3.05, 3.63) is 17.8 Å². The molecule has 6 nitrogen and oxygen atoms in total. The number of likely N-dealkylation sites (tertiary alicyclic amines) is 1. The summed E-state index contributed by atoms with van der Waals surface area (Å²) in [6.07, 6.45) is 3.54. The van der Waals surface area contributed by atoms with Gasteiger partial charge < -0.3 is 21.1 Å². The molecule has 1 aromatic heterocycles. The van der Waals surface area contributed by atoms with E-state index in [1.54, 1.807) is 6.07 Å². The number of pyridine rings is 1. The first-order valence-electron chi connectivity index (χ1n) is 6.47. The Morgan fingerprint density at radius 3 is 3.00 bits per heavy atom. The maximum absolute atomic E-state index is 11.1. The number of nitrogen functional groups attached to an aromatic ring is 1. The molecule has 104 valence electrons. The summed E-state index contributed by atoms with van der Waals surface area (Å²) >= 11 is 0. The molecule has 1 atom stereocenters. The fraction of sp³-hybridized carbons (Fsp3) is 0.538. The molecule has 1 fully saturated rings. The van der Waals surface area contributed by atoms with Crippen LogP contribution in [0.3, 0.4) is 0 Å². The third kappa shape index (κ3) is 3.35. The average molecular weight is 264 g/mol. The summed E-state index contributed by atoms with van der Waals surface area (Å²) in [7, 11) is 2.09. The largest absolute Gasteiger partial charge is 0.475 e. The van der Waals surface area contributed by atoms with Crippen LogP contribution < -0.4 is 16.2 Å². The number of ether oxygens (including phenoxy) is 1. The summed E-state index contributed by atoms with van der Waals surface area (Å²) in [4.78, 5) is 17.4. The van der Waals surface area contributed by atoms with Gasteiger partial charge in [0.2, 0.25) is 5.88 Å². The van der Waals surface area contributed by atoms with Gasteiger partial charge in [-0.1, -0.05) is 6.42 Å². The van der Waals surface area contributed by atoms with E-state index in [1.807, 2.05) is 0 Å². The van der Waals surface area contributed by atoms with E-state index in [4.69, 9.17) is 16.2 Å². The summed E-state index contributed by atoms with van der Waals surface area (Å²) in [5.41, 5.74) is 11.6. The number of primary amides is 1. The van der Waals surface area contributed by atoms with Crippen LogP contribution in [0.5, 0.6) is 5.88 Å². The first-order valence-corrected chi connectivity index (χ1v) is 6.47. The Balaban J connectivity index is 2.02. The highest BCUT2D eigenvalue weighted by molar-refractivity contribution is 5.91. The molecule has 19 heavy (non-hydrogen) atoms. The van der Waals surface area contributed by atoms with E-state index in [0.29, 0.717) is 18.3 Å². The summed E-state index contributed by atoms with van der Waals surface area (Å²) in [5, 5.41) is 0. The van der Waals surface area contributed by atoms with Crippen LogP contribution in [-0.4, -0.2) is 42.0 Å². The molecule has 1 aromatic rings. The highest BCUT2D eigenvalue weighted by atomic mass is 16.5. The molecule has 0 saturated carbocycles. The van der Waals surface area contributed by atoms with E-state index >= 15 is 0 Å². The molecule has 0 radical (unpaired) electrons. The predicted octanol–water partition coefficient (Wildman–Crippen LogP) is 0.626. The van der Waals surface area contributed by atoms with Crippen LogP contribution in [0.4, 0.5) is 5.69 Å². The number of rotatable bonds is 4. The van der Waals surface area contributed by atoms with E-state index < -0.39 is 5.91 Å². The summed E-state index contributed by atoms with van der Waals surface area (Å²) < 4.78 is 5.65. The van der Waals surface area contributed by atoms with Gasteiger partial charge in [0.25, 0.3) is 5.91 Å². The molecule has 0 aliphatic carbocycles. The van der Waals surface area contributed by atoms with Crippen molar-refractivity contribution in [3.63, 3.8) is 0 Å². The zero-order valence-corrected chi connectivity index (χ0v) is 11.1. The van der Waals surface area contributed by atoms with Crippen molar-refractivity contribution in [1.82, 2.24) is 9.88 Å². The molecule has 0 bridgehead atoms. The van der Waals surface area contributed by atoms with Gasteiger partial charge in [0.1, 0.15) is 12.3 Å². The number of amides is 1. The number of aromatic nitrogens is 1. The second-order valence-electron chi connectivity index (χ2n) is 4.90. The third-order valence-electron chi connectivity index (χ3n) is 3.48. The highest BCUT2D eigenvalue weighted by Gasteiger charge is 2.20. The number of likely N-dealkylation sites (N-methyl/N-ethyl adjacent to an activating group) is 1. The molecule has 2 heterocycles. The van der Waals surface area contributed by atoms with Crippen LogP contribution >= 0.6 is 0 Å². The number of hydrogen-bond acceptors (Lipinski definition) is 5. The summed E-state index contributed by atoms with van der Waals surface area (Å²) in [5.74, 6) is -0.296. The number of carbonyl (C=O) groups excluding carboxylic acids is 1. The van der Waals surface area contributed by atoms with Crippen LogP contribution in [0.15, 0.2) is 12.1 Å². The van der Waals surface area contributed by atoms with E-state index in [9.17, 15) is 4.79 Å². The molecule has 0 spiro atoms. The van der Waals surface area contributed by atoms with Crippen LogP contribution in [0.1, 0.15) is 29.8 Å². The predicted molar refractivity (Wildman–Crippen MR) is 72.9 cm³/mol. The number of anilines is 1. The average Bonchev–Trinajstić information content (AvgIpc) is 2.39. The van der Waals surface area contributed by atoms with E-state index in [1.165, 1.54) is 18.9 Å². The highest BCUT2D eigenvalue weighted by Crippen LogP contribution is 2.21. The molecular weight excluding hydrogens is 244 g/mol.